The van der Waals surface area contributed by atoms with Crippen molar-refractivity contribution in [3.63, 3.8) is 0 Å². The molecular formula is C17H21ClF3N3O2. The van der Waals surface area contributed by atoms with Crippen LogP contribution in [0.3, 0.4) is 0 Å². The van der Waals surface area contributed by atoms with Gasteiger partial charge in [0.15, 0.2) is 0 Å². The lowest BCUT2D eigenvalue weighted by Crippen LogP contribution is -2.40. The van der Waals surface area contributed by atoms with Crippen LogP contribution in [0.1, 0.15) is 37.7 Å². The zero-order chi connectivity index (χ0) is 18.7. The van der Waals surface area contributed by atoms with Crippen LogP contribution < -0.4 is 15.4 Å². The van der Waals surface area contributed by atoms with E-state index < -0.39 is 11.7 Å². The van der Waals surface area contributed by atoms with Crippen LogP contribution in [0.25, 0.3) is 0 Å². The van der Waals surface area contributed by atoms with Gasteiger partial charge in [-0.25, -0.2) is 4.98 Å². The van der Waals surface area contributed by atoms with Gasteiger partial charge in [0, 0.05) is 24.7 Å². The Labute approximate surface area is 154 Å². The minimum Gasteiger partial charge on any atom is -0.475 e. The summed E-state index contributed by atoms with van der Waals surface area (Å²) < 4.78 is 42.9. The molecule has 2 aliphatic heterocycles. The Kier molecular flexibility index (Phi) is 5.92. The largest absolute Gasteiger partial charge is 0.475 e. The van der Waals surface area contributed by atoms with Gasteiger partial charge in [-0.2, -0.15) is 13.2 Å². The third-order valence-electron chi connectivity index (χ3n) is 4.84. The number of fused-ring (bicyclic) bond motifs is 2. The summed E-state index contributed by atoms with van der Waals surface area (Å²) >= 11 is 5.76. The summed E-state index contributed by atoms with van der Waals surface area (Å²) in [6, 6.07) is 1.86. The number of piperidine rings is 1. The number of pyridine rings is 1. The molecule has 5 nitrogen and oxygen atoms in total. The first-order chi connectivity index (χ1) is 12.3. The number of halogens is 4. The van der Waals surface area contributed by atoms with E-state index in [1.165, 1.54) is 12.8 Å². The Hall–Kier alpha value is -1.54. The Morgan fingerprint density at radius 1 is 1.35 bits per heavy atom. The topological polar surface area (TPSA) is 63.2 Å². The molecule has 1 amide bonds. The predicted octanol–water partition coefficient (Wildman–Crippen LogP) is 3.17. The summed E-state index contributed by atoms with van der Waals surface area (Å²) in [5.74, 6) is 0.288. The van der Waals surface area contributed by atoms with Crippen molar-refractivity contribution in [3.8, 4) is 5.88 Å². The summed E-state index contributed by atoms with van der Waals surface area (Å²) in [7, 11) is 0. The Morgan fingerprint density at radius 2 is 2.04 bits per heavy atom. The quantitative estimate of drug-likeness (QED) is 0.731. The molecule has 3 heterocycles. The molecule has 2 N–H and O–H groups in total. The molecule has 2 bridgehead atoms. The van der Waals surface area contributed by atoms with E-state index in [0.717, 1.165) is 18.9 Å². The smallest absolute Gasteiger partial charge is 0.417 e. The Balaban J connectivity index is 1.38. The molecule has 0 saturated carbocycles. The van der Waals surface area contributed by atoms with Crippen molar-refractivity contribution in [1.29, 1.82) is 0 Å². The Bertz CT molecular complexity index is 645. The maximum absolute atomic E-state index is 12.5. The molecule has 0 aliphatic carbocycles. The van der Waals surface area contributed by atoms with E-state index in [0.29, 0.717) is 30.6 Å². The van der Waals surface area contributed by atoms with Crippen LogP contribution in [0.2, 0.25) is 5.02 Å². The average Bonchev–Trinajstić information content (AvgIpc) is 2.90. The first-order valence-corrected chi connectivity index (χ1v) is 9.07. The van der Waals surface area contributed by atoms with Gasteiger partial charge in [-0.1, -0.05) is 11.6 Å². The van der Waals surface area contributed by atoms with Gasteiger partial charge in [0.05, 0.1) is 12.1 Å². The minimum absolute atomic E-state index is 0.0358. The van der Waals surface area contributed by atoms with Crippen LogP contribution in [0.15, 0.2) is 12.3 Å². The first-order valence-electron chi connectivity index (χ1n) is 8.69. The second-order valence-corrected chi connectivity index (χ2v) is 7.29. The van der Waals surface area contributed by atoms with Crippen LogP contribution in [0, 0.1) is 5.92 Å². The van der Waals surface area contributed by atoms with E-state index in [2.05, 4.69) is 15.6 Å². The number of rotatable bonds is 6. The summed E-state index contributed by atoms with van der Waals surface area (Å²) in [4.78, 5) is 15.6. The van der Waals surface area contributed by atoms with Crippen LogP contribution in [0.4, 0.5) is 13.2 Å². The first kappa shape index (κ1) is 19.2. The fourth-order valence-electron chi connectivity index (χ4n) is 3.70. The average molecular weight is 392 g/mol. The fourth-order valence-corrected chi connectivity index (χ4v) is 3.92. The summed E-state index contributed by atoms with van der Waals surface area (Å²) in [6.45, 7) is 0.330. The second kappa shape index (κ2) is 8.00. The SMILES string of the molecule is O=C(CC1CC2CCC(C1)N2)NCCOc1ncc(C(F)(F)F)cc1Cl. The van der Waals surface area contributed by atoms with Crippen molar-refractivity contribution in [1.82, 2.24) is 15.6 Å². The highest BCUT2D eigenvalue weighted by molar-refractivity contribution is 6.31. The van der Waals surface area contributed by atoms with Crippen molar-refractivity contribution >= 4 is 17.5 Å². The standard InChI is InChI=1S/C17H21ClF3N3O2/c18-14-8-11(17(19,20)21)9-23-16(14)26-4-3-22-15(25)7-10-5-12-1-2-13(6-10)24-12/h8-10,12-13,24H,1-7H2,(H,22,25). The number of nitrogens with one attached hydrogen (secondary N) is 2. The molecule has 2 atom stereocenters. The molecular weight excluding hydrogens is 371 g/mol. The molecule has 0 radical (unpaired) electrons. The number of hydrogen-bond donors (Lipinski definition) is 2. The van der Waals surface area contributed by atoms with Gasteiger partial charge in [0.25, 0.3) is 0 Å². The monoisotopic (exact) mass is 391 g/mol. The molecule has 3 rings (SSSR count). The number of nitrogens with zero attached hydrogens (tertiary/aromatic N) is 1. The van der Waals surface area contributed by atoms with E-state index in [9.17, 15) is 18.0 Å². The van der Waals surface area contributed by atoms with E-state index >= 15 is 0 Å². The molecule has 2 aliphatic rings. The lowest BCUT2D eigenvalue weighted by molar-refractivity contribution is -0.137. The van der Waals surface area contributed by atoms with Crippen LogP contribution in [-0.2, 0) is 11.0 Å². The molecule has 2 fully saturated rings. The number of ether oxygens (including phenoxy) is 1. The Morgan fingerprint density at radius 3 is 2.65 bits per heavy atom. The zero-order valence-corrected chi connectivity index (χ0v) is 14.9. The van der Waals surface area contributed by atoms with Crippen molar-refractivity contribution < 1.29 is 22.7 Å². The molecule has 144 valence electrons. The molecule has 1 aromatic heterocycles. The molecule has 26 heavy (non-hydrogen) atoms. The van der Waals surface area contributed by atoms with E-state index in [-0.39, 0.29) is 30.0 Å². The van der Waals surface area contributed by atoms with Crippen LogP contribution in [-0.4, -0.2) is 36.1 Å². The normalized spacial score (nSPS) is 25.2. The molecule has 0 spiro atoms. The second-order valence-electron chi connectivity index (χ2n) is 6.89. The van der Waals surface area contributed by atoms with Crippen molar-refractivity contribution in [2.45, 2.75) is 50.4 Å². The van der Waals surface area contributed by atoms with Crippen LogP contribution in [0.5, 0.6) is 5.88 Å². The van der Waals surface area contributed by atoms with Gasteiger partial charge < -0.3 is 15.4 Å². The minimum atomic E-state index is -4.50. The van der Waals surface area contributed by atoms with E-state index in [1.54, 1.807) is 0 Å². The summed E-state index contributed by atoms with van der Waals surface area (Å²) in [5, 5.41) is 6.10. The highest BCUT2D eigenvalue weighted by Gasteiger charge is 2.34. The number of aromatic nitrogens is 1. The van der Waals surface area contributed by atoms with Crippen molar-refractivity contribution in [2.75, 3.05) is 13.2 Å². The lowest BCUT2D eigenvalue weighted by atomic mass is 9.89. The number of alkyl halides is 3. The van der Waals surface area contributed by atoms with Gasteiger partial charge in [0.1, 0.15) is 11.6 Å². The fraction of sp³-hybridized carbons (Fsp3) is 0.647. The maximum atomic E-state index is 12.5. The molecule has 0 aromatic carbocycles. The summed E-state index contributed by atoms with van der Waals surface area (Å²) in [5.41, 5.74) is -0.931. The number of hydrogen-bond acceptors (Lipinski definition) is 4. The molecule has 1 aromatic rings. The third-order valence-corrected chi connectivity index (χ3v) is 5.11. The zero-order valence-electron chi connectivity index (χ0n) is 14.1. The number of amides is 1. The lowest BCUT2D eigenvalue weighted by Gasteiger charge is -2.28. The van der Waals surface area contributed by atoms with Crippen molar-refractivity contribution in [3.05, 3.63) is 22.8 Å². The number of carbonyl (C=O) groups is 1. The van der Waals surface area contributed by atoms with Crippen molar-refractivity contribution in [2.24, 2.45) is 5.92 Å². The van der Waals surface area contributed by atoms with E-state index in [1.807, 2.05) is 0 Å². The van der Waals surface area contributed by atoms with Crippen LogP contribution >= 0.6 is 11.6 Å². The maximum Gasteiger partial charge on any atom is 0.417 e. The van der Waals surface area contributed by atoms with Gasteiger partial charge in [-0.3, -0.25) is 4.79 Å². The van der Waals surface area contributed by atoms with E-state index in [4.69, 9.17) is 16.3 Å². The molecule has 9 heteroatoms. The molecule has 2 saturated heterocycles. The molecule has 2 unspecified atom stereocenters. The predicted molar refractivity (Wildman–Crippen MR) is 90.0 cm³/mol. The summed E-state index contributed by atoms with van der Waals surface area (Å²) in [6.07, 6.45) is 1.11. The van der Waals surface area contributed by atoms with Gasteiger partial charge in [0.2, 0.25) is 11.8 Å². The highest BCUT2D eigenvalue weighted by Crippen LogP contribution is 2.33. The van der Waals surface area contributed by atoms with Gasteiger partial charge >= 0.3 is 6.18 Å². The van der Waals surface area contributed by atoms with Gasteiger partial charge in [-0.05, 0) is 37.7 Å². The number of carbonyl (C=O) groups excluding carboxylic acids is 1. The van der Waals surface area contributed by atoms with Gasteiger partial charge in [-0.15, -0.1) is 0 Å². The highest BCUT2D eigenvalue weighted by atomic mass is 35.5. The third kappa shape index (κ3) is 5.01.